The molecule has 1 aliphatic rings. The summed E-state index contributed by atoms with van der Waals surface area (Å²) in [5.41, 5.74) is 1.79. The Balaban J connectivity index is 0.00000132. The van der Waals surface area contributed by atoms with Gasteiger partial charge in [-0.1, -0.05) is 24.3 Å². The summed E-state index contributed by atoms with van der Waals surface area (Å²) in [5.74, 6) is 1.22. The van der Waals surface area contributed by atoms with Crippen molar-refractivity contribution in [2.75, 3.05) is 17.2 Å². The Morgan fingerprint density at radius 3 is 2.00 bits per heavy atom. The van der Waals surface area contributed by atoms with E-state index in [0.29, 0.717) is 13.0 Å². The largest absolute Gasteiger partial charge is 1.00 e. The fourth-order valence-electron chi connectivity index (χ4n) is 2.43. The topological polar surface area (TPSA) is 66.8 Å². The van der Waals surface area contributed by atoms with Crippen molar-refractivity contribution < 1.29 is 48.7 Å². The maximum atomic E-state index is 10.9. The first-order valence-corrected chi connectivity index (χ1v) is 8.24. The summed E-state index contributed by atoms with van der Waals surface area (Å²) in [6.07, 6.45) is 0.335. The van der Waals surface area contributed by atoms with Crippen LogP contribution in [0.4, 0.5) is 11.4 Å². The van der Waals surface area contributed by atoms with Gasteiger partial charge in [-0.2, -0.15) is 8.42 Å². The number of hydrogen-bond acceptors (Lipinski definition) is 4. The number of benzene rings is 2. The van der Waals surface area contributed by atoms with E-state index in [1.807, 2.05) is 53.4 Å². The van der Waals surface area contributed by atoms with Crippen molar-refractivity contribution in [1.82, 2.24) is 0 Å². The smallest absolute Gasteiger partial charge is 1.00 e. The van der Waals surface area contributed by atoms with Gasteiger partial charge in [-0.3, -0.25) is 4.55 Å². The molecule has 0 aromatic heterocycles. The van der Waals surface area contributed by atoms with E-state index >= 15 is 0 Å². The molecule has 3 rings (SSSR count). The SMILES string of the molecule is O=S(=O)(O)CCCN1c2ccccc2Oc2ccccc21.[H-].[Na+]. The normalized spacial score (nSPS) is 12.7. The molecule has 0 amide bonds. The van der Waals surface area contributed by atoms with Gasteiger partial charge in [-0.05, 0) is 30.7 Å². The van der Waals surface area contributed by atoms with E-state index in [9.17, 15) is 8.42 Å². The average Bonchev–Trinajstić information content (AvgIpc) is 2.45. The van der Waals surface area contributed by atoms with Crippen LogP contribution in [0.25, 0.3) is 0 Å². The molecule has 5 nitrogen and oxygen atoms in total. The van der Waals surface area contributed by atoms with Crippen LogP contribution >= 0.6 is 0 Å². The van der Waals surface area contributed by atoms with Gasteiger partial charge in [0, 0.05) is 6.54 Å². The first kappa shape index (κ1) is 17.3. The second kappa shape index (κ2) is 7.02. The molecule has 0 saturated heterocycles. The zero-order chi connectivity index (χ0) is 14.9. The molecule has 0 spiro atoms. The minimum atomic E-state index is -3.94. The Bertz CT molecular complexity index is 724. The quantitative estimate of drug-likeness (QED) is 0.647. The van der Waals surface area contributed by atoms with E-state index in [1.54, 1.807) is 0 Å². The van der Waals surface area contributed by atoms with E-state index < -0.39 is 10.1 Å². The molecular weight excluding hydrogens is 313 g/mol. The Kier molecular flexibility index (Phi) is 5.52. The van der Waals surface area contributed by atoms with Crippen molar-refractivity contribution in [3.8, 4) is 11.5 Å². The molecule has 2 aromatic carbocycles. The summed E-state index contributed by atoms with van der Waals surface area (Å²) < 4.78 is 36.5. The first-order valence-electron chi connectivity index (χ1n) is 6.63. The maximum Gasteiger partial charge on any atom is 1.00 e. The zero-order valence-electron chi connectivity index (χ0n) is 13.3. The van der Waals surface area contributed by atoms with Crippen LogP contribution in [0.15, 0.2) is 48.5 Å². The molecule has 0 aliphatic carbocycles. The predicted octanol–water partition coefficient (Wildman–Crippen LogP) is 0.325. The van der Waals surface area contributed by atoms with Crippen LogP contribution in [-0.4, -0.2) is 25.3 Å². The molecule has 0 unspecified atom stereocenters. The van der Waals surface area contributed by atoms with Crippen LogP contribution in [0.1, 0.15) is 7.85 Å². The first-order chi connectivity index (χ1) is 10.0. The molecule has 1 aliphatic heterocycles. The number of hydrogen-bond donors (Lipinski definition) is 1. The Morgan fingerprint density at radius 1 is 1.00 bits per heavy atom. The number of para-hydroxylation sites is 4. The summed E-state index contributed by atoms with van der Waals surface area (Å²) in [7, 11) is -3.94. The van der Waals surface area contributed by atoms with E-state index in [0.717, 1.165) is 22.9 Å². The molecule has 0 fully saturated rings. The third-order valence-electron chi connectivity index (χ3n) is 3.32. The number of nitrogens with zero attached hydrogens (tertiary/aromatic N) is 1. The van der Waals surface area contributed by atoms with Crippen LogP contribution in [0, 0.1) is 0 Å². The predicted molar refractivity (Wildman–Crippen MR) is 82.1 cm³/mol. The molecule has 0 radical (unpaired) electrons. The fraction of sp³-hybridized carbons (Fsp3) is 0.200. The third-order valence-corrected chi connectivity index (χ3v) is 4.12. The third kappa shape index (κ3) is 3.83. The average molecular weight is 329 g/mol. The van der Waals surface area contributed by atoms with Crippen molar-refractivity contribution in [3.05, 3.63) is 48.5 Å². The summed E-state index contributed by atoms with van der Waals surface area (Å²) in [4.78, 5) is 2.01. The Labute approximate surface area is 153 Å². The Hall–Kier alpha value is -1.05. The molecule has 1 heterocycles. The maximum absolute atomic E-state index is 10.9. The van der Waals surface area contributed by atoms with Gasteiger partial charge >= 0.3 is 29.6 Å². The summed E-state index contributed by atoms with van der Waals surface area (Å²) in [6, 6.07) is 15.2. The summed E-state index contributed by atoms with van der Waals surface area (Å²) in [6.45, 7) is 0.483. The number of rotatable bonds is 4. The van der Waals surface area contributed by atoms with E-state index in [2.05, 4.69) is 0 Å². The van der Waals surface area contributed by atoms with Crippen LogP contribution in [0.2, 0.25) is 0 Å². The second-order valence-electron chi connectivity index (χ2n) is 4.83. The fourth-order valence-corrected chi connectivity index (χ4v) is 2.92. The van der Waals surface area contributed by atoms with Gasteiger partial charge in [-0.15, -0.1) is 0 Å². The zero-order valence-corrected chi connectivity index (χ0v) is 15.1. The van der Waals surface area contributed by atoms with Gasteiger partial charge in [-0.25, -0.2) is 0 Å². The molecule has 0 atom stereocenters. The van der Waals surface area contributed by atoms with Gasteiger partial charge in [0.2, 0.25) is 0 Å². The van der Waals surface area contributed by atoms with Gasteiger partial charge in [0.1, 0.15) is 0 Å². The van der Waals surface area contributed by atoms with Crippen LogP contribution in [-0.2, 0) is 10.1 Å². The second-order valence-corrected chi connectivity index (χ2v) is 6.40. The van der Waals surface area contributed by atoms with Crippen molar-refractivity contribution in [2.45, 2.75) is 6.42 Å². The van der Waals surface area contributed by atoms with Crippen molar-refractivity contribution in [2.24, 2.45) is 0 Å². The van der Waals surface area contributed by atoms with Crippen molar-refractivity contribution in [1.29, 1.82) is 0 Å². The van der Waals surface area contributed by atoms with E-state index in [1.165, 1.54) is 0 Å². The molecule has 22 heavy (non-hydrogen) atoms. The van der Waals surface area contributed by atoms with Gasteiger partial charge in [0.05, 0.1) is 17.1 Å². The monoisotopic (exact) mass is 329 g/mol. The number of fused-ring (bicyclic) bond motifs is 2. The number of anilines is 2. The number of ether oxygens (including phenoxy) is 1. The van der Waals surface area contributed by atoms with Gasteiger partial charge < -0.3 is 11.1 Å². The molecular formula is C15H16NNaO4S. The Morgan fingerprint density at radius 2 is 1.50 bits per heavy atom. The van der Waals surface area contributed by atoms with Crippen molar-refractivity contribution in [3.63, 3.8) is 0 Å². The van der Waals surface area contributed by atoms with E-state index in [4.69, 9.17) is 9.29 Å². The minimum Gasteiger partial charge on any atom is -1.00 e. The molecule has 0 saturated carbocycles. The van der Waals surface area contributed by atoms with Crippen molar-refractivity contribution >= 4 is 21.5 Å². The molecule has 2 aromatic rings. The molecule has 7 heteroatoms. The minimum absolute atomic E-state index is 0. The molecule has 1 N–H and O–H groups in total. The van der Waals surface area contributed by atoms with Crippen LogP contribution < -0.4 is 39.2 Å². The van der Waals surface area contributed by atoms with Crippen LogP contribution in [0.5, 0.6) is 11.5 Å². The molecule has 0 bridgehead atoms. The standard InChI is InChI=1S/C15H15NO4S.Na.H/c17-21(18,19)11-5-10-16-12-6-1-3-8-14(12)20-15-9-4-2-7-13(15)16;;/h1-4,6-9H,5,10-11H2,(H,17,18,19);;/q;+1;-1. The van der Waals surface area contributed by atoms with Gasteiger partial charge in [0.15, 0.2) is 11.5 Å². The van der Waals surface area contributed by atoms with Gasteiger partial charge in [0.25, 0.3) is 10.1 Å². The molecule has 112 valence electrons. The summed E-state index contributed by atoms with van der Waals surface area (Å²) >= 11 is 0. The van der Waals surface area contributed by atoms with E-state index in [-0.39, 0.29) is 36.7 Å². The van der Waals surface area contributed by atoms with Crippen LogP contribution in [0.3, 0.4) is 0 Å². The summed E-state index contributed by atoms with van der Waals surface area (Å²) in [5, 5.41) is 0.